The van der Waals surface area contributed by atoms with E-state index in [-0.39, 0.29) is 23.7 Å². The highest BCUT2D eigenvalue weighted by molar-refractivity contribution is 5.79. The molecule has 0 bridgehead atoms. The first-order valence-electron chi connectivity index (χ1n) is 8.11. The van der Waals surface area contributed by atoms with Gasteiger partial charge in [0.2, 0.25) is 5.91 Å². The molecule has 2 rings (SSSR count). The number of likely N-dealkylation sites (tertiary alicyclic amines) is 1. The number of nitrogens with zero attached hydrogens (tertiary/aromatic N) is 1. The molecule has 1 amide bonds. The van der Waals surface area contributed by atoms with E-state index in [0.717, 1.165) is 19.4 Å². The van der Waals surface area contributed by atoms with Crippen LogP contribution < -0.4 is 0 Å². The normalized spacial score (nSPS) is 19.5. The lowest BCUT2D eigenvalue weighted by Gasteiger charge is -2.32. The van der Waals surface area contributed by atoms with Gasteiger partial charge in [-0.2, -0.15) is 0 Å². The van der Waals surface area contributed by atoms with Crippen molar-refractivity contribution in [2.45, 2.75) is 39.0 Å². The highest BCUT2D eigenvalue weighted by atomic mass is 16.5. The fraction of sp³-hybridized carbons (Fsp3) is 0.556. The number of esters is 1. The molecular formula is C18H25NO3. The molecule has 2 atom stereocenters. The Kier molecular flexibility index (Phi) is 5.99. The monoisotopic (exact) mass is 303 g/mol. The Morgan fingerprint density at radius 3 is 2.73 bits per heavy atom. The van der Waals surface area contributed by atoms with E-state index < -0.39 is 0 Å². The Balaban J connectivity index is 1.90. The number of piperidine rings is 1. The maximum Gasteiger partial charge on any atom is 0.310 e. The van der Waals surface area contributed by atoms with Gasteiger partial charge in [0, 0.05) is 19.5 Å². The second-order valence-corrected chi connectivity index (χ2v) is 5.95. The molecule has 4 heteroatoms. The zero-order chi connectivity index (χ0) is 15.9. The third kappa shape index (κ3) is 4.33. The van der Waals surface area contributed by atoms with Gasteiger partial charge in [-0.3, -0.25) is 9.59 Å². The van der Waals surface area contributed by atoms with Crippen molar-refractivity contribution >= 4 is 11.9 Å². The van der Waals surface area contributed by atoms with Crippen LogP contribution in [0.4, 0.5) is 0 Å². The lowest BCUT2D eigenvalue weighted by atomic mass is 9.94. The Morgan fingerprint density at radius 1 is 1.32 bits per heavy atom. The standard InChI is InChI=1S/C18H25NO3/c1-3-22-18(21)16-10-7-11-19(13-16)17(20)12-14(2)15-8-5-4-6-9-15/h4-6,8-9,14,16H,3,7,10-13H2,1-2H3/t14-,16-/m0/s1. The first-order chi connectivity index (χ1) is 10.6. The predicted molar refractivity (Wildman–Crippen MR) is 85.4 cm³/mol. The zero-order valence-electron chi connectivity index (χ0n) is 13.5. The summed E-state index contributed by atoms with van der Waals surface area (Å²) in [4.78, 5) is 26.2. The van der Waals surface area contributed by atoms with Crippen LogP contribution in [0.2, 0.25) is 0 Å². The molecule has 1 aliphatic rings. The van der Waals surface area contributed by atoms with Crippen molar-refractivity contribution in [2.75, 3.05) is 19.7 Å². The summed E-state index contributed by atoms with van der Waals surface area (Å²) in [5, 5.41) is 0. The summed E-state index contributed by atoms with van der Waals surface area (Å²) >= 11 is 0. The number of benzene rings is 1. The molecule has 120 valence electrons. The first kappa shape index (κ1) is 16.5. The summed E-state index contributed by atoms with van der Waals surface area (Å²) in [7, 11) is 0. The van der Waals surface area contributed by atoms with E-state index in [1.54, 1.807) is 0 Å². The van der Waals surface area contributed by atoms with Crippen molar-refractivity contribution in [2.24, 2.45) is 5.92 Å². The van der Waals surface area contributed by atoms with Crippen LogP contribution in [0.3, 0.4) is 0 Å². The lowest BCUT2D eigenvalue weighted by Crippen LogP contribution is -2.43. The summed E-state index contributed by atoms with van der Waals surface area (Å²) < 4.78 is 5.08. The van der Waals surface area contributed by atoms with Crippen LogP contribution in [0.25, 0.3) is 0 Å². The number of carbonyl (C=O) groups is 2. The van der Waals surface area contributed by atoms with Crippen molar-refractivity contribution in [3.8, 4) is 0 Å². The molecule has 0 radical (unpaired) electrons. The van der Waals surface area contributed by atoms with Gasteiger partial charge in [0.25, 0.3) is 0 Å². The molecule has 0 saturated carbocycles. The third-order valence-electron chi connectivity index (χ3n) is 4.24. The molecular weight excluding hydrogens is 278 g/mol. The predicted octanol–water partition coefficient (Wildman–Crippen LogP) is 2.98. The maximum absolute atomic E-state index is 12.5. The average molecular weight is 303 g/mol. The van der Waals surface area contributed by atoms with E-state index in [9.17, 15) is 9.59 Å². The summed E-state index contributed by atoms with van der Waals surface area (Å²) in [5.41, 5.74) is 1.18. The highest BCUT2D eigenvalue weighted by Gasteiger charge is 2.29. The van der Waals surface area contributed by atoms with Crippen LogP contribution in [0.15, 0.2) is 30.3 Å². The van der Waals surface area contributed by atoms with Gasteiger partial charge in [0.05, 0.1) is 12.5 Å². The third-order valence-corrected chi connectivity index (χ3v) is 4.24. The van der Waals surface area contributed by atoms with Crippen LogP contribution in [0.5, 0.6) is 0 Å². The van der Waals surface area contributed by atoms with E-state index in [0.29, 0.717) is 19.6 Å². The Morgan fingerprint density at radius 2 is 2.05 bits per heavy atom. The Hall–Kier alpha value is -1.84. The fourth-order valence-corrected chi connectivity index (χ4v) is 2.95. The summed E-state index contributed by atoms with van der Waals surface area (Å²) in [6, 6.07) is 10.1. The minimum Gasteiger partial charge on any atom is -0.466 e. The van der Waals surface area contributed by atoms with Gasteiger partial charge in [-0.15, -0.1) is 0 Å². The number of hydrogen-bond acceptors (Lipinski definition) is 3. The summed E-state index contributed by atoms with van der Waals surface area (Å²) in [6.45, 7) is 5.52. The number of ether oxygens (including phenoxy) is 1. The molecule has 1 aromatic rings. The van der Waals surface area contributed by atoms with Crippen molar-refractivity contribution in [3.63, 3.8) is 0 Å². The molecule has 0 spiro atoms. The van der Waals surface area contributed by atoms with Crippen LogP contribution in [-0.2, 0) is 14.3 Å². The van der Waals surface area contributed by atoms with Gasteiger partial charge in [-0.25, -0.2) is 0 Å². The molecule has 1 aliphatic heterocycles. The lowest BCUT2D eigenvalue weighted by molar-refractivity contribution is -0.151. The van der Waals surface area contributed by atoms with Gasteiger partial charge < -0.3 is 9.64 Å². The van der Waals surface area contributed by atoms with Crippen molar-refractivity contribution in [1.29, 1.82) is 0 Å². The molecule has 1 fully saturated rings. The molecule has 1 saturated heterocycles. The van der Waals surface area contributed by atoms with Gasteiger partial charge in [-0.1, -0.05) is 37.3 Å². The van der Waals surface area contributed by atoms with Crippen LogP contribution in [0, 0.1) is 5.92 Å². The number of carbonyl (C=O) groups excluding carboxylic acids is 2. The molecule has 0 aromatic heterocycles. The van der Waals surface area contributed by atoms with E-state index in [2.05, 4.69) is 19.1 Å². The minimum atomic E-state index is -0.170. The van der Waals surface area contributed by atoms with Gasteiger partial charge in [-0.05, 0) is 31.2 Å². The Bertz CT molecular complexity index is 500. The Labute approximate surface area is 132 Å². The second kappa shape index (κ2) is 7.97. The maximum atomic E-state index is 12.5. The van der Waals surface area contributed by atoms with E-state index in [1.165, 1.54) is 5.56 Å². The van der Waals surface area contributed by atoms with Crippen LogP contribution in [-0.4, -0.2) is 36.5 Å². The first-order valence-corrected chi connectivity index (χ1v) is 8.11. The molecule has 0 aliphatic carbocycles. The zero-order valence-corrected chi connectivity index (χ0v) is 13.5. The van der Waals surface area contributed by atoms with E-state index in [1.807, 2.05) is 30.0 Å². The number of hydrogen-bond donors (Lipinski definition) is 0. The largest absolute Gasteiger partial charge is 0.466 e. The molecule has 22 heavy (non-hydrogen) atoms. The highest BCUT2D eigenvalue weighted by Crippen LogP contribution is 2.23. The van der Waals surface area contributed by atoms with Crippen molar-refractivity contribution < 1.29 is 14.3 Å². The average Bonchev–Trinajstić information content (AvgIpc) is 2.56. The van der Waals surface area contributed by atoms with Crippen molar-refractivity contribution in [3.05, 3.63) is 35.9 Å². The fourth-order valence-electron chi connectivity index (χ4n) is 2.95. The topological polar surface area (TPSA) is 46.6 Å². The summed E-state index contributed by atoms with van der Waals surface area (Å²) in [5.74, 6) is -0.0113. The van der Waals surface area contributed by atoms with Gasteiger partial charge >= 0.3 is 5.97 Å². The molecule has 0 unspecified atom stereocenters. The summed E-state index contributed by atoms with van der Waals surface area (Å²) in [6.07, 6.45) is 2.17. The SMILES string of the molecule is CCOC(=O)[C@H]1CCCN(C(=O)C[C@H](C)c2ccccc2)C1. The number of amides is 1. The van der Waals surface area contributed by atoms with Crippen LogP contribution in [0.1, 0.15) is 44.6 Å². The van der Waals surface area contributed by atoms with Crippen LogP contribution >= 0.6 is 0 Å². The number of rotatable bonds is 5. The quantitative estimate of drug-likeness (QED) is 0.786. The van der Waals surface area contributed by atoms with Gasteiger partial charge in [0.15, 0.2) is 0 Å². The van der Waals surface area contributed by atoms with Gasteiger partial charge in [0.1, 0.15) is 0 Å². The second-order valence-electron chi connectivity index (χ2n) is 5.95. The van der Waals surface area contributed by atoms with Crippen molar-refractivity contribution in [1.82, 2.24) is 4.90 Å². The molecule has 4 nitrogen and oxygen atoms in total. The molecule has 1 heterocycles. The smallest absolute Gasteiger partial charge is 0.310 e. The molecule has 0 N–H and O–H groups in total. The van der Waals surface area contributed by atoms with E-state index in [4.69, 9.17) is 4.74 Å². The van der Waals surface area contributed by atoms with E-state index >= 15 is 0 Å². The minimum absolute atomic E-state index is 0.130. The molecule has 1 aromatic carbocycles.